The molecule has 4 bridgehead atoms. The van der Waals surface area contributed by atoms with E-state index in [1.54, 1.807) is 11.3 Å². The van der Waals surface area contributed by atoms with E-state index in [1.807, 2.05) is 7.05 Å². The number of benzene rings is 1. The summed E-state index contributed by atoms with van der Waals surface area (Å²) in [6.07, 6.45) is 6.98. The predicted molar refractivity (Wildman–Crippen MR) is 75.0 cm³/mol. The second-order valence-corrected chi connectivity index (χ2v) is 6.64. The van der Waals surface area contributed by atoms with Gasteiger partial charge < -0.3 is 0 Å². The van der Waals surface area contributed by atoms with Crippen LogP contribution in [0.1, 0.15) is 37.7 Å². The summed E-state index contributed by atoms with van der Waals surface area (Å²) >= 11 is 0. The minimum atomic E-state index is 0.492. The van der Waals surface area contributed by atoms with E-state index in [4.69, 9.17) is 0 Å². The van der Waals surface area contributed by atoms with Gasteiger partial charge in [0, 0.05) is 12.8 Å². The van der Waals surface area contributed by atoms with Crippen LogP contribution in [0.25, 0.3) is 0 Å². The average molecular weight is 239 g/mol. The van der Waals surface area contributed by atoms with Crippen LogP contribution in [0.5, 0.6) is 0 Å². The molecule has 0 spiro atoms. The molecule has 1 aromatic carbocycles. The van der Waals surface area contributed by atoms with Crippen LogP contribution in [-0.2, 0) is 5.41 Å². The van der Waals surface area contributed by atoms with Crippen molar-refractivity contribution in [3.05, 3.63) is 35.9 Å². The second-order valence-electron chi connectivity index (χ2n) is 6.64. The van der Waals surface area contributed by atoms with Gasteiger partial charge in [-0.1, -0.05) is 30.3 Å². The Labute approximate surface area is 109 Å². The third-order valence-electron chi connectivity index (χ3n) is 5.67. The highest BCUT2D eigenvalue weighted by molar-refractivity contribution is 5.91. The fraction of sp³-hybridized carbons (Fsp3) is 0.588. The molecule has 2 unspecified atom stereocenters. The van der Waals surface area contributed by atoms with Crippen molar-refractivity contribution in [2.75, 3.05) is 7.05 Å². The van der Waals surface area contributed by atoms with Gasteiger partial charge in [0.25, 0.3) is 0 Å². The van der Waals surface area contributed by atoms with Crippen molar-refractivity contribution in [2.24, 2.45) is 22.7 Å². The van der Waals surface area contributed by atoms with Gasteiger partial charge in [-0.3, -0.25) is 4.99 Å². The van der Waals surface area contributed by atoms with Gasteiger partial charge in [-0.25, -0.2) is 0 Å². The van der Waals surface area contributed by atoms with Crippen molar-refractivity contribution < 1.29 is 0 Å². The topological polar surface area (TPSA) is 12.4 Å². The molecule has 0 aromatic heterocycles. The SMILES string of the molecule is CN=C1[C@@H]2CC3C[C@H]1CC(c1ccccc1)(C3)C2. The molecule has 0 radical (unpaired) electrons. The maximum absolute atomic E-state index is 4.63. The van der Waals surface area contributed by atoms with Gasteiger partial charge in [-0.05, 0) is 60.8 Å². The fourth-order valence-electron chi connectivity index (χ4n) is 5.27. The fourth-order valence-corrected chi connectivity index (χ4v) is 5.27. The van der Waals surface area contributed by atoms with Crippen molar-refractivity contribution >= 4 is 5.71 Å². The molecule has 0 aliphatic heterocycles. The van der Waals surface area contributed by atoms with Crippen LogP contribution in [0.4, 0.5) is 0 Å². The first-order valence-electron chi connectivity index (χ1n) is 7.33. The van der Waals surface area contributed by atoms with Gasteiger partial charge in [0.05, 0.1) is 0 Å². The second kappa shape index (κ2) is 3.69. The van der Waals surface area contributed by atoms with E-state index in [0.29, 0.717) is 5.41 Å². The third-order valence-corrected chi connectivity index (χ3v) is 5.67. The van der Waals surface area contributed by atoms with Crippen molar-refractivity contribution in [3.63, 3.8) is 0 Å². The zero-order valence-electron chi connectivity index (χ0n) is 11.1. The highest BCUT2D eigenvalue weighted by atomic mass is 14.7. The van der Waals surface area contributed by atoms with E-state index in [2.05, 4.69) is 35.3 Å². The Kier molecular flexibility index (Phi) is 2.21. The van der Waals surface area contributed by atoms with Crippen LogP contribution in [0.3, 0.4) is 0 Å². The summed E-state index contributed by atoms with van der Waals surface area (Å²) in [6.45, 7) is 0. The molecular formula is C17H21N. The lowest BCUT2D eigenvalue weighted by atomic mass is 9.47. The van der Waals surface area contributed by atoms with Gasteiger partial charge in [-0.2, -0.15) is 0 Å². The lowest BCUT2D eigenvalue weighted by Gasteiger charge is -2.57. The molecule has 4 saturated carbocycles. The Bertz CT molecular complexity index is 470. The summed E-state index contributed by atoms with van der Waals surface area (Å²) in [5.74, 6) is 2.55. The zero-order chi connectivity index (χ0) is 12.2. The molecule has 4 aliphatic rings. The smallest absolute Gasteiger partial charge is 0.0276 e. The molecule has 1 aromatic rings. The largest absolute Gasteiger partial charge is 0.297 e. The molecule has 94 valence electrons. The first-order chi connectivity index (χ1) is 8.81. The van der Waals surface area contributed by atoms with E-state index in [0.717, 1.165) is 17.8 Å². The standard InChI is InChI=1S/C17H21N/c1-18-16-13-7-12-8-14(16)11-17(9-12,10-13)15-5-3-2-4-6-15/h2-6,12-14H,7-11H2,1H3/t12?,13-,14+,17?. The van der Waals surface area contributed by atoms with Crippen molar-refractivity contribution in [2.45, 2.75) is 37.5 Å². The minimum absolute atomic E-state index is 0.492. The Morgan fingerprint density at radius 3 is 2.28 bits per heavy atom. The number of hydrogen-bond acceptors (Lipinski definition) is 1. The highest BCUT2D eigenvalue weighted by Gasteiger charge is 2.54. The van der Waals surface area contributed by atoms with Gasteiger partial charge in [0.15, 0.2) is 0 Å². The van der Waals surface area contributed by atoms with E-state index >= 15 is 0 Å². The summed E-state index contributed by atoms with van der Waals surface area (Å²) in [4.78, 5) is 4.63. The van der Waals surface area contributed by atoms with Gasteiger partial charge in [-0.15, -0.1) is 0 Å². The predicted octanol–water partition coefficient (Wildman–Crippen LogP) is 3.84. The number of aliphatic imine (C=N–C) groups is 1. The molecule has 4 aliphatic carbocycles. The lowest BCUT2D eigenvalue weighted by molar-refractivity contribution is 0.0752. The molecule has 0 amide bonds. The van der Waals surface area contributed by atoms with Crippen LogP contribution >= 0.6 is 0 Å². The molecule has 1 nitrogen and oxygen atoms in total. The Balaban J connectivity index is 1.77. The molecule has 0 heterocycles. The Morgan fingerprint density at radius 2 is 1.67 bits per heavy atom. The van der Waals surface area contributed by atoms with E-state index in [1.165, 1.54) is 32.1 Å². The summed E-state index contributed by atoms with van der Waals surface area (Å²) in [5, 5.41) is 0. The number of nitrogens with zero attached hydrogens (tertiary/aromatic N) is 1. The first kappa shape index (κ1) is 10.8. The highest BCUT2D eigenvalue weighted by Crippen LogP contribution is 2.59. The van der Waals surface area contributed by atoms with Crippen LogP contribution in [0, 0.1) is 17.8 Å². The van der Waals surface area contributed by atoms with Crippen molar-refractivity contribution in [3.8, 4) is 0 Å². The van der Waals surface area contributed by atoms with Gasteiger partial charge in [0.1, 0.15) is 0 Å². The van der Waals surface area contributed by atoms with Crippen LogP contribution in [-0.4, -0.2) is 12.8 Å². The number of rotatable bonds is 1. The molecule has 4 atom stereocenters. The molecule has 0 saturated heterocycles. The van der Waals surface area contributed by atoms with Gasteiger partial charge >= 0.3 is 0 Å². The lowest BCUT2D eigenvalue weighted by Crippen LogP contribution is -2.53. The van der Waals surface area contributed by atoms with Crippen molar-refractivity contribution in [1.82, 2.24) is 0 Å². The molecule has 0 N–H and O–H groups in total. The molecular weight excluding hydrogens is 218 g/mol. The maximum Gasteiger partial charge on any atom is 0.0276 e. The summed E-state index contributed by atoms with van der Waals surface area (Å²) < 4.78 is 0. The average Bonchev–Trinajstić information content (AvgIpc) is 2.39. The van der Waals surface area contributed by atoms with Crippen molar-refractivity contribution in [1.29, 1.82) is 0 Å². The minimum Gasteiger partial charge on any atom is -0.297 e. The zero-order valence-corrected chi connectivity index (χ0v) is 11.1. The summed E-state index contributed by atoms with van der Waals surface area (Å²) in [6, 6.07) is 11.3. The quantitative estimate of drug-likeness (QED) is 0.706. The van der Waals surface area contributed by atoms with Crippen LogP contribution in [0.2, 0.25) is 0 Å². The molecule has 5 rings (SSSR count). The molecule has 1 heteroatoms. The Morgan fingerprint density at radius 1 is 1.00 bits per heavy atom. The molecule has 18 heavy (non-hydrogen) atoms. The molecule has 4 fully saturated rings. The normalized spacial score (nSPS) is 43.6. The van der Waals surface area contributed by atoms with Crippen LogP contribution < -0.4 is 0 Å². The first-order valence-corrected chi connectivity index (χ1v) is 7.33. The van der Waals surface area contributed by atoms with Gasteiger partial charge in [0.2, 0.25) is 0 Å². The summed E-state index contributed by atoms with van der Waals surface area (Å²) in [7, 11) is 2.01. The van der Waals surface area contributed by atoms with E-state index in [-0.39, 0.29) is 0 Å². The number of hydrogen-bond donors (Lipinski definition) is 0. The summed E-state index contributed by atoms with van der Waals surface area (Å²) in [5.41, 5.74) is 3.64. The monoisotopic (exact) mass is 239 g/mol. The van der Waals surface area contributed by atoms with Crippen LogP contribution in [0.15, 0.2) is 35.3 Å². The van der Waals surface area contributed by atoms with E-state index < -0.39 is 0 Å². The maximum atomic E-state index is 4.63. The third kappa shape index (κ3) is 1.36. The van der Waals surface area contributed by atoms with E-state index in [9.17, 15) is 0 Å². The Hall–Kier alpha value is -1.11.